The Hall–Kier alpha value is -3.70. The minimum absolute atomic E-state index is 0.0152. The number of benzene rings is 1. The number of hydrogen-bond donors (Lipinski definition) is 2. The number of rotatable bonds is 5. The van der Waals surface area contributed by atoms with Gasteiger partial charge in [-0.25, -0.2) is 18.6 Å². The molecule has 0 aliphatic heterocycles. The first kappa shape index (κ1) is 21.0. The molecule has 0 saturated carbocycles. The summed E-state index contributed by atoms with van der Waals surface area (Å²) in [7, 11) is 1.39. The standard InChI is InChI=1S/C18H14F5N5O2/c1-30-16-5-3-12(8-24-16)28(9-11-7-15(27-26-11)18(21,22)23)17(29)25-10-2-4-13(19)14(20)6-10/h2-8H,9H2,1H3,(H,25,29)(H,26,27). The van der Waals surface area contributed by atoms with Crippen molar-refractivity contribution in [2.75, 3.05) is 17.3 Å². The van der Waals surface area contributed by atoms with Crippen molar-refractivity contribution in [3.05, 3.63) is 65.6 Å². The lowest BCUT2D eigenvalue weighted by Crippen LogP contribution is -2.34. The maximum atomic E-state index is 13.4. The van der Waals surface area contributed by atoms with E-state index < -0.39 is 29.5 Å². The van der Waals surface area contributed by atoms with Gasteiger partial charge in [-0.05, 0) is 24.3 Å². The Balaban J connectivity index is 1.88. The zero-order valence-electron chi connectivity index (χ0n) is 15.3. The smallest absolute Gasteiger partial charge is 0.435 e. The predicted molar refractivity (Wildman–Crippen MR) is 95.9 cm³/mol. The minimum atomic E-state index is -4.66. The van der Waals surface area contributed by atoms with E-state index >= 15 is 0 Å². The third kappa shape index (κ3) is 4.82. The zero-order valence-corrected chi connectivity index (χ0v) is 15.3. The number of ether oxygens (including phenoxy) is 1. The normalized spacial score (nSPS) is 11.3. The first-order valence-electron chi connectivity index (χ1n) is 8.32. The Morgan fingerprint density at radius 3 is 2.50 bits per heavy atom. The van der Waals surface area contributed by atoms with Gasteiger partial charge in [0.25, 0.3) is 0 Å². The van der Waals surface area contributed by atoms with Crippen molar-refractivity contribution in [3.8, 4) is 5.88 Å². The molecule has 0 fully saturated rings. The van der Waals surface area contributed by atoms with Crippen LogP contribution >= 0.6 is 0 Å². The number of aromatic nitrogens is 3. The number of nitrogens with one attached hydrogen (secondary N) is 2. The molecule has 0 saturated heterocycles. The summed E-state index contributed by atoms with van der Waals surface area (Å²) in [5.74, 6) is -2.02. The van der Waals surface area contributed by atoms with Crippen LogP contribution in [-0.2, 0) is 12.7 Å². The van der Waals surface area contributed by atoms with Gasteiger partial charge in [0, 0.05) is 17.8 Å². The lowest BCUT2D eigenvalue weighted by molar-refractivity contribution is -0.141. The molecule has 2 heterocycles. The van der Waals surface area contributed by atoms with Crippen LogP contribution in [0.3, 0.4) is 0 Å². The number of carbonyl (C=O) groups excluding carboxylic acids is 1. The van der Waals surface area contributed by atoms with Crippen molar-refractivity contribution in [2.24, 2.45) is 0 Å². The number of carbonyl (C=O) groups is 1. The highest BCUT2D eigenvalue weighted by Crippen LogP contribution is 2.28. The molecule has 158 valence electrons. The van der Waals surface area contributed by atoms with Crippen LogP contribution < -0.4 is 15.0 Å². The van der Waals surface area contributed by atoms with Gasteiger partial charge in [0.15, 0.2) is 17.3 Å². The van der Waals surface area contributed by atoms with Gasteiger partial charge in [0.1, 0.15) is 0 Å². The summed E-state index contributed by atoms with van der Waals surface area (Å²) in [6.45, 7) is -0.341. The lowest BCUT2D eigenvalue weighted by Gasteiger charge is -2.22. The first-order chi connectivity index (χ1) is 14.2. The molecule has 0 bridgehead atoms. The van der Waals surface area contributed by atoms with E-state index in [1.807, 2.05) is 0 Å². The average Bonchev–Trinajstić information content (AvgIpc) is 3.18. The molecule has 2 amide bonds. The van der Waals surface area contributed by atoms with E-state index in [9.17, 15) is 26.7 Å². The van der Waals surface area contributed by atoms with Gasteiger partial charge in [-0.2, -0.15) is 18.3 Å². The Kier molecular flexibility index (Phi) is 5.85. The summed E-state index contributed by atoms with van der Waals surface area (Å²) >= 11 is 0. The van der Waals surface area contributed by atoms with Crippen molar-refractivity contribution in [1.82, 2.24) is 15.2 Å². The number of anilines is 2. The molecule has 2 aromatic heterocycles. The molecular weight excluding hydrogens is 413 g/mol. The predicted octanol–water partition coefficient (Wildman–Crippen LogP) is 4.35. The first-order valence-corrected chi connectivity index (χ1v) is 8.32. The summed E-state index contributed by atoms with van der Waals surface area (Å²) in [4.78, 5) is 17.8. The van der Waals surface area contributed by atoms with Crippen molar-refractivity contribution >= 4 is 17.4 Å². The molecule has 12 heteroatoms. The number of pyridine rings is 1. The molecule has 0 aliphatic carbocycles. The van der Waals surface area contributed by atoms with E-state index in [4.69, 9.17) is 4.74 Å². The number of hydrogen-bond acceptors (Lipinski definition) is 4. The van der Waals surface area contributed by atoms with E-state index in [-0.39, 0.29) is 29.5 Å². The van der Waals surface area contributed by atoms with E-state index in [0.29, 0.717) is 0 Å². The van der Waals surface area contributed by atoms with Crippen LogP contribution in [0.2, 0.25) is 0 Å². The fourth-order valence-electron chi connectivity index (χ4n) is 2.46. The highest BCUT2D eigenvalue weighted by molar-refractivity contribution is 6.01. The maximum absolute atomic E-state index is 13.4. The molecule has 0 radical (unpaired) electrons. The summed E-state index contributed by atoms with van der Waals surface area (Å²) in [5.41, 5.74) is -1.00. The van der Waals surface area contributed by atoms with Gasteiger partial charge in [-0.1, -0.05) is 0 Å². The van der Waals surface area contributed by atoms with Crippen LogP contribution in [0, 0.1) is 11.6 Å². The third-order valence-electron chi connectivity index (χ3n) is 3.91. The quantitative estimate of drug-likeness (QED) is 0.593. The number of alkyl halides is 3. The largest absolute Gasteiger partial charge is 0.481 e. The lowest BCUT2D eigenvalue weighted by atomic mass is 10.3. The maximum Gasteiger partial charge on any atom is 0.435 e. The van der Waals surface area contributed by atoms with Crippen LogP contribution in [0.4, 0.5) is 38.1 Å². The number of methoxy groups -OCH3 is 1. The van der Waals surface area contributed by atoms with Gasteiger partial charge >= 0.3 is 12.2 Å². The van der Waals surface area contributed by atoms with Crippen LogP contribution in [0.5, 0.6) is 5.88 Å². The molecule has 7 nitrogen and oxygen atoms in total. The van der Waals surface area contributed by atoms with Crippen LogP contribution in [-0.4, -0.2) is 28.3 Å². The number of amides is 2. The fraction of sp³-hybridized carbons (Fsp3) is 0.167. The van der Waals surface area contributed by atoms with Crippen LogP contribution in [0.25, 0.3) is 0 Å². The molecule has 1 aromatic carbocycles. The molecule has 3 rings (SSSR count). The van der Waals surface area contributed by atoms with E-state index in [1.165, 1.54) is 25.4 Å². The van der Waals surface area contributed by atoms with E-state index in [0.717, 1.165) is 29.2 Å². The summed E-state index contributed by atoms with van der Waals surface area (Å²) in [6.07, 6.45) is -3.39. The van der Waals surface area contributed by atoms with Gasteiger partial charge in [0.2, 0.25) is 5.88 Å². The number of H-pyrrole nitrogens is 1. The number of halogens is 5. The number of aromatic amines is 1. The van der Waals surface area contributed by atoms with E-state index in [2.05, 4.69) is 20.5 Å². The molecule has 0 unspecified atom stereocenters. The molecule has 30 heavy (non-hydrogen) atoms. The summed E-state index contributed by atoms with van der Waals surface area (Å²) < 4.78 is 69.8. The van der Waals surface area contributed by atoms with Gasteiger partial charge < -0.3 is 10.1 Å². The number of nitrogens with zero attached hydrogens (tertiary/aromatic N) is 3. The average molecular weight is 427 g/mol. The second-order valence-corrected chi connectivity index (χ2v) is 5.98. The number of urea groups is 1. The van der Waals surface area contributed by atoms with Crippen LogP contribution in [0.15, 0.2) is 42.6 Å². The SMILES string of the molecule is COc1ccc(N(Cc2cc(C(F)(F)F)n[nH]2)C(=O)Nc2ccc(F)c(F)c2)cn1. The monoisotopic (exact) mass is 427 g/mol. The van der Waals surface area contributed by atoms with E-state index in [1.54, 1.807) is 0 Å². The third-order valence-corrected chi connectivity index (χ3v) is 3.91. The van der Waals surface area contributed by atoms with Crippen molar-refractivity contribution in [3.63, 3.8) is 0 Å². The fourth-order valence-corrected chi connectivity index (χ4v) is 2.46. The second-order valence-electron chi connectivity index (χ2n) is 5.98. The van der Waals surface area contributed by atoms with Crippen molar-refractivity contribution in [1.29, 1.82) is 0 Å². The molecule has 0 atom stereocenters. The topological polar surface area (TPSA) is 83.1 Å². The Morgan fingerprint density at radius 1 is 1.17 bits per heavy atom. The van der Waals surface area contributed by atoms with Gasteiger partial charge in [-0.3, -0.25) is 10.00 Å². The molecular formula is C18H14F5N5O2. The highest BCUT2D eigenvalue weighted by Gasteiger charge is 2.34. The summed E-state index contributed by atoms with van der Waals surface area (Å²) in [5, 5.41) is 7.77. The van der Waals surface area contributed by atoms with Gasteiger partial charge in [-0.15, -0.1) is 0 Å². The zero-order chi connectivity index (χ0) is 21.9. The Labute approximate surface area is 166 Å². The Morgan fingerprint density at radius 2 is 1.93 bits per heavy atom. The second kappa shape index (κ2) is 8.35. The van der Waals surface area contributed by atoms with Crippen LogP contribution in [0.1, 0.15) is 11.4 Å². The minimum Gasteiger partial charge on any atom is -0.481 e. The highest BCUT2D eigenvalue weighted by atomic mass is 19.4. The van der Waals surface area contributed by atoms with Crippen molar-refractivity contribution < 1.29 is 31.5 Å². The molecule has 3 aromatic rings. The van der Waals surface area contributed by atoms with Gasteiger partial charge in [0.05, 0.1) is 31.2 Å². The van der Waals surface area contributed by atoms with Crippen molar-refractivity contribution in [2.45, 2.75) is 12.7 Å². The molecule has 2 N–H and O–H groups in total. The molecule has 0 spiro atoms. The Bertz CT molecular complexity index is 1040. The molecule has 0 aliphatic rings. The summed E-state index contributed by atoms with van der Waals surface area (Å²) in [6, 6.07) is 5.58.